The Kier molecular flexibility index (Phi) is 6.86. The Hall–Kier alpha value is -3.19. The summed E-state index contributed by atoms with van der Waals surface area (Å²) in [6.07, 6.45) is 8.08. The van der Waals surface area contributed by atoms with Gasteiger partial charge in [0, 0.05) is 5.56 Å². The predicted octanol–water partition coefficient (Wildman–Crippen LogP) is 5.32. The number of aryl methyl sites for hydroxylation is 2. The molecular weight excluding hydrogens is 448 g/mol. The number of anilines is 1. The van der Waals surface area contributed by atoms with Gasteiger partial charge < -0.3 is 10.4 Å². The molecule has 0 saturated heterocycles. The molecule has 0 spiro atoms. The summed E-state index contributed by atoms with van der Waals surface area (Å²) in [6.45, 7) is 0.00166. The fourth-order valence-corrected chi connectivity index (χ4v) is 5.25. The molecule has 5 rings (SSSR count). The average molecular weight is 478 g/mol. The van der Waals surface area contributed by atoms with Crippen LogP contribution in [0.1, 0.15) is 60.2 Å². The van der Waals surface area contributed by atoms with E-state index in [1.807, 2.05) is 18.2 Å². The van der Waals surface area contributed by atoms with Crippen LogP contribution in [0.5, 0.6) is 0 Å². The summed E-state index contributed by atoms with van der Waals surface area (Å²) in [7, 11) is 0. The van der Waals surface area contributed by atoms with Crippen LogP contribution < -0.4 is 5.32 Å². The van der Waals surface area contributed by atoms with Crippen molar-refractivity contribution in [2.45, 2.75) is 64.4 Å². The minimum absolute atomic E-state index is 0.00166. The van der Waals surface area contributed by atoms with Crippen LogP contribution in [0.15, 0.2) is 36.4 Å². The third-order valence-corrected chi connectivity index (χ3v) is 7.09. The van der Waals surface area contributed by atoms with Gasteiger partial charge in [0.15, 0.2) is 17.5 Å². The van der Waals surface area contributed by atoms with Gasteiger partial charge in [-0.05, 0) is 54.0 Å². The number of hydrogen-bond donors (Lipinski definition) is 2. The topological polar surface area (TPSA) is 75.1 Å². The van der Waals surface area contributed by atoms with Crippen molar-refractivity contribution in [2.24, 2.45) is 5.92 Å². The highest BCUT2D eigenvalue weighted by atomic mass is 19.2. The monoisotopic (exact) mass is 477 g/mol. The number of halogens is 2. The standard InChI is InChI=1S/C28H29F2N3O2/c29-22-10-7-18(13-23(22)30)15-26(35)33-28-25(14-17-4-2-1-3-5-17)31-27-21-9-6-19(16-34)12-20(21)8-11-24(27)32-28/h6-7,9-10,12-13,17,34H,1-5,8,11,14-16H2,(H,32,33,35). The van der Waals surface area contributed by atoms with Gasteiger partial charge in [0.1, 0.15) is 0 Å². The van der Waals surface area contributed by atoms with E-state index < -0.39 is 11.6 Å². The number of carbonyl (C=O) groups is 1. The highest BCUT2D eigenvalue weighted by Crippen LogP contribution is 2.35. The van der Waals surface area contributed by atoms with Crippen LogP contribution in [0.25, 0.3) is 11.3 Å². The smallest absolute Gasteiger partial charge is 0.229 e. The van der Waals surface area contributed by atoms with Crippen molar-refractivity contribution in [1.82, 2.24) is 9.97 Å². The molecule has 1 aromatic heterocycles. The number of amides is 1. The molecule has 2 aliphatic carbocycles. The van der Waals surface area contributed by atoms with Gasteiger partial charge in [-0.3, -0.25) is 4.79 Å². The molecule has 3 aromatic rings. The molecule has 1 heterocycles. The van der Waals surface area contributed by atoms with Gasteiger partial charge in [0.2, 0.25) is 5.91 Å². The number of aliphatic hydroxyl groups is 1. The first-order chi connectivity index (χ1) is 17.0. The Morgan fingerprint density at radius 2 is 1.77 bits per heavy atom. The number of hydrogen-bond acceptors (Lipinski definition) is 4. The molecule has 5 nitrogen and oxygen atoms in total. The van der Waals surface area contributed by atoms with Gasteiger partial charge in [0.05, 0.1) is 30.1 Å². The Labute approximate surface area is 203 Å². The normalized spacial score (nSPS) is 15.4. The number of fused-ring (bicyclic) bond motifs is 3. The zero-order valence-corrected chi connectivity index (χ0v) is 19.6. The first-order valence-electron chi connectivity index (χ1n) is 12.4. The molecular formula is C28H29F2N3O2. The van der Waals surface area contributed by atoms with E-state index >= 15 is 0 Å². The minimum atomic E-state index is -0.968. The second-order valence-electron chi connectivity index (χ2n) is 9.65. The number of carbonyl (C=O) groups excluding carboxylic acids is 1. The average Bonchev–Trinajstić information content (AvgIpc) is 2.87. The molecule has 182 valence electrons. The molecule has 0 aliphatic heterocycles. The van der Waals surface area contributed by atoms with Crippen LogP contribution in [0.2, 0.25) is 0 Å². The molecule has 7 heteroatoms. The van der Waals surface area contributed by atoms with Gasteiger partial charge in [-0.25, -0.2) is 18.7 Å². The summed E-state index contributed by atoms with van der Waals surface area (Å²) >= 11 is 0. The lowest BCUT2D eigenvalue weighted by Gasteiger charge is -2.25. The number of aromatic nitrogens is 2. The maximum absolute atomic E-state index is 13.6. The first-order valence-corrected chi connectivity index (χ1v) is 12.4. The molecule has 1 saturated carbocycles. The van der Waals surface area contributed by atoms with Gasteiger partial charge in [-0.2, -0.15) is 0 Å². The lowest BCUT2D eigenvalue weighted by atomic mass is 9.85. The first kappa shape index (κ1) is 23.5. The number of aliphatic hydroxyl groups excluding tert-OH is 1. The SMILES string of the molecule is O=C(Cc1ccc(F)c(F)c1)Nc1nc2c(nc1CC1CCCCC1)-c1ccc(CO)cc1CC2. The van der Waals surface area contributed by atoms with Crippen molar-refractivity contribution in [3.8, 4) is 11.3 Å². The highest BCUT2D eigenvalue weighted by molar-refractivity contribution is 5.92. The molecule has 35 heavy (non-hydrogen) atoms. The maximum atomic E-state index is 13.6. The number of rotatable bonds is 6. The fraction of sp³-hybridized carbons (Fsp3) is 0.393. The Bertz CT molecular complexity index is 1260. The zero-order valence-electron chi connectivity index (χ0n) is 19.6. The molecule has 2 aromatic carbocycles. The van der Waals surface area contributed by atoms with Crippen molar-refractivity contribution < 1.29 is 18.7 Å². The Balaban J connectivity index is 1.45. The summed E-state index contributed by atoms with van der Waals surface area (Å²) in [6, 6.07) is 9.43. The Morgan fingerprint density at radius 3 is 2.54 bits per heavy atom. The molecule has 0 radical (unpaired) electrons. The Morgan fingerprint density at radius 1 is 0.971 bits per heavy atom. The molecule has 2 N–H and O–H groups in total. The second-order valence-corrected chi connectivity index (χ2v) is 9.65. The van der Waals surface area contributed by atoms with Crippen molar-refractivity contribution in [1.29, 1.82) is 0 Å². The van der Waals surface area contributed by atoms with E-state index in [0.29, 0.717) is 23.7 Å². The minimum Gasteiger partial charge on any atom is -0.392 e. The summed E-state index contributed by atoms with van der Waals surface area (Å²) in [5.41, 5.74) is 5.91. The van der Waals surface area contributed by atoms with E-state index in [1.165, 1.54) is 25.3 Å². The van der Waals surface area contributed by atoms with Crippen LogP contribution in [-0.2, 0) is 37.1 Å². The number of nitrogens with one attached hydrogen (secondary N) is 1. The summed E-state index contributed by atoms with van der Waals surface area (Å²) in [5.74, 6) is -1.27. The number of nitrogens with zero attached hydrogens (tertiary/aromatic N) is 2. The molecule has 0 unspecified atom stereocenters. The van der Waals surface area contributed by atoms with E-state index in [1.54, 1.807) is 0 Å². The van der Waals surface area contributed by atoms with Crippen molar-refractivity contribution >= 4 is 11.7 Å². The van der Waals surface area contributed by atoms with Crippen LogP contribution in [-0.4, -0.2) is 21.0 Å². The summed E-state index contributed by atoms with van der Waals surface area (Å²) < 4.78 is 26.9. The van der Waals surface area contributed by atoms with E-state index in [0.717, 1.165) is 71.6 Å². The van der Waals surface area contributed by atoms with E-state index in [-0.39, 0.29) is 18.9 Å². The summed E-state index contributed by atoms with van der Waals surface area (Å²) in [5, 5.41) is 12.4. The van der Waals surface area contributed by atoms with E-state index in [2.05, 4.69) is 5.32 Å². The van der Waals surface area contributed by atoms with Crippen molar-refractivity contribution in [2.75, 3.05) is 5.32 Å². The van der Waals surface area contributed by atoms with Crippen LogP contribution in [0.3, 0.4) is 0 Å². The highest BCUT2D eigenvalue weighted by Gasteiger charge is 2.25. The fourth-order valence-electron chi connectivity index (χ4n) is 5.25. The third kappa shape index (κ3) is 5.25. The lowest BCUT2D eigenvalue weighted by Crippen LogP contribution is -2.21. The predicted molar refractivity (Wildman–Crippen MR) is 130 cm³/mol. The maximum Gasteiger partial charge on any atom is 0.229 e. The lowest BCUT2D eigenvalue weighted by molar-refractivity contribution is -0.115. The van der Waals surface area contributed by atoms with Crippen molar-refractivity contribution in [3.63, 3.8) is 0 Å². The molecule has 1 fully saturated rings. The number of benzene rings is 2. The molecule has 2 aliphatic rings. The quantitative estimate of drug-likeness (QED) is 0.504. The molecule has 0 atom stereocenters. The molecule has 1 amide bonds. The zero-order chi connectivity index (χ0) is 24.4. The van der Waals surface area contributed by atoms with Gasteiger partial charge in [-0.1, -0.05) is 56.4 Å². The third-order valence-electron chi connectivity index (χ3n) is 7.09. The van der Waals surface area contributed by atoms with Crippen LogP contribution in [0.4, 0.5) is 14.6 Å². The molecule has 0 bridgehead atoms. The van der Waals surface area contributed by atoms with Crippen molar-refractivity contribution in [3.05, 3.63) is 76.1 Å². The van der Waals surface area contributed by atoms with Crippen LogP contribution >= 0.6 is 0 Å². The van der Waals surface area contributed by atoms with E-state index in [9.17, 15) is 18.7 Å². The second kappa shape index (κ2) is 10.2. The largest absolute Gasteiger partial charge is 0.392 e. The van der Waals surface area contributed by atoms with Gasteiger partial charge >= 0.3 is 0 Å². The van der Waals surface area contributed by atoms with Gasteiger partial charge in [0.25, 0.3) is 0 Å². The van der Waals surface area contributed by atoms with E-state index in [4.69, 9.17) is 9.97 Å². The van der Waals surface area contributed by atoms with Gasteiger partial charge in [-0.15, -0.1) is 0 Å². The van der Waals surface area contributed by atoms with Crippen LogP contribution in [0, 0.1) is 17.6 Å². The summed E-state index contributed by atoms with van der Waals surface area (Å²) in [4.78, 5) is 22.7.